The second-order valence-electron chi connectivity index (χ2n) is 6.24. The van der Waals surface area contributed by atoms with Crippen molar-refractivity contribution in [3.8, 4) is 0 Å². The number of likely N-dealkylation sites (N-methyl/N-ethyl adjacent to an activating group) is 1. The highest BCUT2D eigenvalue weighted by Crippen LogP contribution is 2.13. The summed E-state index contributed by atoms with van der Waals surface area (Å²) in [6.45, 7) is 1.32. The molecule has 0 atom stereocenters. The Morgan fingerprint density at radius 2 is 1.86 bits per heavy atom. The average Bonchev–Trinajstić information content (AvgIpc) is 2.63. The van der Waals surface area contributed by atoms with E-state index in [1.807, 2.05) is 6.92 Å². The van der Waals surface area contributed by atoms with Gasteiger partial charge >= 0.3 is 0 Å². The highest BCUT2D eigenvalue weighted by molar-refractivity contribution is 7.89. The van der Waals surface area contributed by atoms with Crippen LogP contribution in [0.5, 0.6) is 0 Å². The van der Waals surface area contributed by atoms with Crippen LogP contribution in [0, 0.1) is 18.6 Å². The summed E-state index contributed by atoms with van der Waals surface area (Å²) in [6.07, 6.45) is 1.31. The van der Waals surface area contributed by atoms with Gasteiger partial charge < -0.3 is 10.2 Å². The number of halogens is 2. The number of pyridine rings is 1. The number of benzene rings is 1. The first kappa shape index (κ1) is 22.4. The number of rotatable bonds is 8. The van der Waals surface area contributed by atoms with Gasteiger partial charge in [-0.05, 0) is 42.8 Å². The van der Waals surface area contributed by atoms with Crippen LogP contribution in [0.2, 0.25) is 0 Å². The van der Waals surface area contributed by atoms with Crippen molar-refractivity contribution in [2.45, 2.75) is 18.2 Å². The van der Waals surface area contributed by atoms with E-state index >= 15 is 0 Å². The van der Waals surface area contributed by atoms with Crippen LogP contribution < -0.4 is 10.0 Å². The zero-order chi connectivity index (χ0) is 21.6. The van der Waals surface area contributed by atoms with Gasteiger partial charge in [-0.2, -0.15) is 0 Å². The zero-order valence-corrected chi connectivity index (χ0v) is 16.6. The second-order valence-corrected chi connectivity index (χ2v) is 8.01. The molecule has 2 rings (SSSR count). The minimum atomic E-state index is -4.10. The summed E-state index contributed by atoms with van der Waals surface area (Å²) in [4.78, 5) is 28.8. The molecule has 0 aliphatic carbocycles. The van der Waals surface area contributed by atoms with Crippen molar-refractivity contribution in [2.24, 2.45) is 0 Å². The average molecular weight is 426 g/mol. The number of hydrogen-bond acceptors (Lipinski definition) is 5. The molecule has 0 fully saturated rings. The summed E-state index contributed by atoms with van der Waals surface area (Å²) in [5.41, 5.74) is 0.910. The quantitative estimate of drug-likeness (QED) is 0.664. The SMILES string of the molecule is Cc1ccnc(NC(=O)CN(C)C(=O)CCNS(=O)(=O)c2ccc(F)c(F)c2)c1. The van der Waals surface area contributed by atoms with E-state index in [-0.39, 0.29) is 19.5 Å². The van der Waals surface area contributed by atoms with Crippen molar-refractivity contribution < 1.29 is 26.8 Å². The molecule has 0 bridgehead atoms. The van der Waals surface area contributed by atoms with Crippen molar-refractivity contribution in [2.75, 3.05) is 25.5 Å². The Morgan fingerprint density at radius 1 is 1.14 bits per heavy atom. The molecule has 0 radical (unpaired) electrons. The predicted molar refractivity (Wildman–Crippen MR) is 101 cm³/mol. The number of sulfonamides is 1. The van der Waals surface area contributed by atoms with Crippen LogP contribution in [0.3, 0.4) is 0 Å². The van der Waals surface area contributed by atoms with Crippen molar-refractivity contribution in [3.05, 3.63) is 53.7 Å². The topological polar surface area (TPSA) is 108 Å². The van der Waals surface area contributed by atoms with E-state index in [1.54, 1.807) is 18.3 Å². The first-order chi connectivity index (χ1) is 13.6. The summed E-state index contributed by atoms with van der Waals surface area (Å²) < 4.78 is 52.4. The monoisotopic (exact) mass is 426 g/mol. The lowest BCUT2D eigenvalue weighted by Gasteiger charge is -2.17. The molecule has 1 heterocycles. The van der Waals surface area contributed by atoms with Crippen LogP contribution in [0.15, 0.2) is 41.4 Å². The number of nitrogens with zero attached hydrogens (tertiary/aromatic N) is 2. The Labute approximate surface area is 167 Å². The van der Waals surface area contributed by atoms with Crippen LogP contribution >= 0.6 is 0 Å². The number of carbonyl (C=O) groups is 2. The Kier molecular flexibility index (Phi) is 7.35. The number of amides is 2. The number of aromatic nitrogens is 1. The molecule has 156 valence electrons. The molecule has 0 aliphatic heterocycles. The molecular weight excluding hydrogens is 406 g/mol. The lowest BCUT2D eigenvalue weighted by molar-refractivity contribution is -0.133. The molecule has 2 aromatic rings. The number of hydrogen-bond donors (Lipinski definition) is 2. The van der Waals surface area contributed by atoms with Crippen molar-refractivity contribution in [1.29, 1.82) is 0 Å². The summed E-state index contributed by atoms with van der Waals surface area (Å²) in [5.74, 6) is -3.04. The molecule has 0 saturated heterocycles. The molecule has 0 aliphatic rings. The summed E-state index contributed by atoms with van der Waals surface area (Å²) >= 11 is 0. The molecule has 8 nitrogen and oxygen atoms in total. The van der Waals surface area contributed by atoms with Crippen molar-refractivity contribution >= 4 is 27.7 Å². The molecular formula is C18H20F2N4O4S. The van der Waals surface area contributed by atoms with E-state index in [9.17, 15) is 26.8 Å². The van der Waals surface area contributed by atoms with Gasteiger partial charge in [-0.25, -0.2) is 26.9 Å². The molecule has 0 spiro atoms. The zero-order valence-electron chi connectivity index (χ0n) is 15.8. The van der Waals surface area contributed by atoms with E-state index in [0.717, 1.165) is 16.5 Å². The molecule has 0 unspecified atom stereocenters. The maximum atomic E-state index is 13.2. The molecule has 2 N–H and O–H groups in total. The molecule has 1 aromatic carbocycles. The highest BCUT2D eigenvalue weighted by atomic mass is 32.2. The van der Waals surface area contributed by atoms with E-state index in [2.05, 4.69) is 15.0 Å². The van der Waals surface area contributed by atoms with E-state index in [1.165, 1.54) is 7.05 Å². The Hall–Kier alpha value is -2.92. The Bertz CT molecular complexity index is 1010. The second kappa shape index (κ2) is 9.52. The fourth-order valence-corrected chi connectivity index (χ4v) is 3.34. The van der Waals surface area contributed by atoms with E-state index in [4.69, 9.17) is 0 Å². The Morgan fingerprint density at radius 3 is 2.52 bits per heavy atom. The van der Waals surface area contributed by atoms with Gasteiger partial charge in [0.2, 0.25) is 21.8 Å². The van der Waals surface area contributed by atoms with E-state index in [0.29, 0.717) is 18.0 Å². The first-order valence-corrected chi connectivity index (χ1v) is 9.98. The maximum Gasteiger partial charge on any atom is 0.245 e. The van der Waals surface area contributed by atoms with Gasteiger partial charge in [-0.1, -0.05) is 0 Å². The molecule has 1 aromatic heterocycles. The lowest BCUT2D eigenvalue weighted by Crippen LogP contribution is -2.37. The van der Waals surface area contributed by atoms with Crippen LogP contribution in [-0.4, -0.2) is 50.3 Å². The van der Waals surface area contributed by atoms with Gasteiger partial charge in [0.25, 0.3) is 0 Å². The third-order valence-electron chi connectivity index (χ3n) is 3.82. The normalized spacial score (nSPS) is 11.2. The smallest absolute Gasteiger partial charge is 0.245 e. The number of nitrogens with one attached hydrogen (secondary N) is 2. The van der Waals surface area contributed by atoms with Crippen LogP contribution in [0.25, 0.3) is 0 Å². The predicted octanol–water partition coefficient (Wildman–Crippen LogP) is 1.43. The van der Waals surface area contributed by atoms with Gasteiger partial charge in [-0.3, -0.25) is 9.59 Å². The first-order valence-electron chi connectivity index (χ1n) is 8.49. The van der Waals surface area contributed by atoms with Gasteiger partial charge in [0, 0.05) is 26.2 Å². The van der Waals surface area contributed by atoms with Crippen molar-refractivity contribution in [3.63, 3.8) is 0 Å². The number of aryl methyl sites for hydroxylation is 1. The molecule has 0 saturated carbocycles. The van der Waals surface area contributed by atoms with E-state index < -0.39 is 38.4 Å². The largest absolute Gasteiger partial charge is 0.336 e. The van der Waals surface area contributed by atoms with Gasteiger partial charge in [0.15, 0.2) is 11.6 Å². The van der Waals surface area contributed by atoms with Gasteiger partial charge in [0.1, 0.15) is 5.82 Å². The number of anilines is 1. The van der Waals surface area contributed by atoms with Crippen molar-refractivity contribution in [1.82, 2.24) is 14.6 Å². The third kappa shape index (κ3) is 6.57. The standard InChI is InChI=1S/C18H20F2N4O4S/c1-12-5-7-21-16(9-12)23-17(25)11-24(2)18(26)6-8-22-29(27,28)13-3-4-14(19)15(20)10-13/h3-5,7,9-10,22H,6,8,11H2,1-2H3,(H,21,23,25). The fourth-order valence-electron chi connectivity index (χ4n) is 2.30. The fraction of sp³-hybridized carbons (Fsp3) is 0.278. The van der Waals surface area contributed by atoms with Gasteiger partial charge in [-0.15, -0.1) is 0 Å². The molecule has 2 amide bonds. The lowest BCUT2D eigenvalue weighted by atomic mass is 10.3. The summed E-state index contributed by atoms with van der Waals surface area (Å²) in [6, 6.07) is 5.61. The van der Waals surface area contributed by atoms with Crippen LogP contribution in [-0.2, 0) is 19.6 Å². The summed E-state index contributed by atoms with van der Waals surface area (Å²) in [5, 5.41) is 2.56. The molecule has 29 heavy (non-hydrogen) atoms. The number of carbonyl (C=O) groups excluding carboxylic acids is 2. The minimum Gasteiger partial charge on any atom is -0.336 e. The Balaban J connectivity index is 1.83. The maximum absolute atomic E-state index is 13.2. The van der Waals surface area contributed by atoms with Crippen LogP contribution in [0.1, 0.15) is 12.0 Å². The molecule has 11 heteroatoms. The summed E-state index contributed by atoms with van der Waals surface area (Å²) in [7, 11) is -2.71. The highest BCUT2D eigenvalue weighted by Gasteiger charge is 2.18. The third-order valence-corrected chi connectivity index (χ3v) is 5.28. The van der Waals surface area contributed by atoms with Crippen LogP contribution in [0.4, 0.5) is 14.6 Å². The van der Waals surface area contributed by atoms with Gasteiger partial charge in [0.05, 0.1) is 11.4 Å². The minimum absolute atomic E-state index is 0.227.